The highest BCUT2D eigenvalue weighted by Gasteiger charge is 2.40. The average Bonchev–Trinajstić information content (AvgIpc) is 2.85. The van der Waals surface area contributed by atoms with Gasteiger partial charge in [0.05, 0.1) is 25.2 Å². The Hall–Kier alpha value is -1.10. The highest BCUT2D eigenvalue weighted by molar-refractivity contribution is 5.78. The molecule has 0 aromatic heterocycles. The molecule has 0 aromatic rings. The van der Waals surface area contributed by atoms with Crippen LogP contribution in [0.5, 0.6) is 0 Å². The number of rotatable bonds is 5. The number of hydrogen-bond acceptors (Lipinski definition) is 3. The first kappa shape index (κ1) is 16.3. The predicted octanol–water partition coefficient (Wildman–Crippen LogP) is 2.44. The third-order valence-electron chi connectivity index (χ3n) is 4.98. The molecule has 1 amide bonds. The van der Waals surface area contributed by atoms with Gasteiger partial charge < -0.3 is 14.7 Å². The molecular weight excluding hydrogens is 270 g/mol. The summed E-state index contributed by atoms with van der Waals surface area (Å²) in [4.78, 5) is 25.8. The third kappa shape index (κ3) is 3.96. The van der Waals surface area contributed by atoms with Gasteiger partial charge in [0, 0.05) is 13.0 Å². The summed E-state index contributed by atoms with van der Waals surface area (Å²) in [5.74, 6) is -0.674. The number of ether oxygens (including phenoxy) is 1. The van der Waals surface area contributed by atoms with Crippen LogP contribution in [-0.2, 0) is 14.3 Å². The fourth-order valence-corrected chi connectivity index (χ4v) is 3.77. The van der Waals surface area contributed by atoms with Crippen molar-refractivity contribution in [1.82, 2.24) is 4.90 Å². The molecule has 0 bridgehead atoms. The molecule has 1 N–H and O–H groups in total. The molecule has 2 unspecified atom stereocenters. The number of morpholine rings is 1. The van der Waals surface area contributed by atoms with Gasteiger partial charge in [0.1, 0.15) is 0 Å². The average molecular weight is 297 g/mol. The van der Waals surface area contributed by atoms with Crippen molar-refractivity contribution in [3.63, 3.8) is 0 Å². The molecule has 2 aliphatic rings. The largest absolute Gasteiger partial charge is 0.481 e. The monoisotopic (exact) mass is 297 g/mol. The normalized spacial score (nSPS) is 28.6. The van der Waals surface area contributed by atoms with Gasteiger partial charge >= 0.3 is 5.97 Å². The van der Waals surface area contributed by atoms with Gasteiger partial charge in [-0.05, 0) is 31.6 Å². The van der Waals surface area contributed by atoms with Gasteiger partial charge in [-0.1, -0.05) is 19.8 Å². The zero-order valence-electron chi connectivity index (χ0n) is 13.1. The molecule has 5 heteroatoms. The lowest BCUT2D eigenvalue weighted by Gasteiger charge is -2.40. The Balaban J connectivity index is 2.05. The number of hydrogen-bond donors (Lipinski definition) is 1. The fourth-order valence-electron chi connectivity index (χ4n) is 3.77. The van der Waals surface area contributed by atoms with Crippen LogP contribution in [0.1, 0.15) is 58.8 Å². The van der Waals surface area contributed by atoms with Crippen molar-refractivity contribution in [3.05, 3.63) is 0 Å². The zero-order valence-corrected chi connectivity index (χ0v) is 13.1. The maximum Gasteiger partial charge on any atom is 0.303 e. The number of carbonyl (C=O) groups is 2. The van der Waals surface area contributed by atoms with Crippen molar-refractivity contribution in [2.75, 3.05) is 13.2 Å². The Labute approximate surface area is 126 Å². The number of carbonyl (C=O) groups excluding carboxylic acids is 1. The third-order valence-corrected chi connectivity index (χ3v) is 4.98. The van der Waals surface area contributed by atoms with Crippen molar-refractivity contribution in [2.24, 2.45) is 5.41 Å². The molecule has 1 saturated carbocycles. The van der Waals surface area contributed by atoms with Gasteiger partial charge in [0.25, 0.3) is 0 Å². The molecule has 0 spiro atoms. The van der Waals surface area contributed by atoms with E-state index in [1.165, 1.54) is 0 Å². The van der Waals surface area contributed by atoms with E-state index in [2.05, 4.69) is 6.92 Å². The Morgan fingerprint density at radius 3 is 2.52 bits per heavy atom. The molecule has 120 valence electrons. The van der Waals surface area contributed by atoms with Crippen LogP contribution in [0.25, 0.3) is 0 Å². The van der Waals surface area contributed by atoms with Crippen molar-refractivity contribution >= 4 is 11.9 Å². The van der Waals surface area contributed by atoms with Gasteiger partial charge in [0.2, 0.25) is 5.91 Å². The smallest absolute Gasteiger partial charge is 0.303 e. The van der Waals surface area contributed by atoms with E-state index in [9.17, 15) is 9.59 Å². The molecule has 5 nitrogen and oxygen atoms in total. The first-order valence-electron chi connectivity index (χ1n) is 8.08. The maximum absolute atomic E-state index is 12.7. The van der Waals surface area contributed by atoms with Crippen molar-refractivity contribution in [3.8, 4) is 0 Å². The van der Waals surface area contributed by atoms with Gasteiger partial charge in [-0.3, -0.25) is 9.59 Å². The standard InChI is InChI=1S/C16H27NO4/c1-3-13-11-21-12(2)10-17(13)14(18)8-16(9-15(19)20)6-4-5-7-16/h12-13H,3-11H2,1-2H3,(H,19,20). The predicted molar refractivity (Wildman–Crippen MR) is 79.0 cm³/mol. The zero-order chi connectivity index (χ0) is 15.5. The fraction of sp³-hybridized carbons (Fsp3) is 0.875. The topological polar surface area (TPSA) is 66.8 Å². The summed E-state index contributed by atoms with van der Waals surface area (Å²) in [6, 6.07) is 0.136. The second-order valence-electron chi connectivity index (χ2n) is 6.71. The highest BCUT2D eigenvalue weighted by Crippen LogP contribution is 2.44. The van der Waals surface area contributed by atoms with E-state index < -0.39 is 5.97 Å². The van der Waals surface area contributed by atoms with Crippen LogP contribution in [0.3, 0.4) is 0 Å². The van der Waals surface area contributed by atoms with Crippen molar-refractivity contribution in [1.29, 1.82) is 0 Å². The van der Waals surface area contributed by atoms with E-state index in [1.807, 2.05) is 11.8 Å². The Morgan fingerprint density at radius 2 is 1.95 bits per heavy atom. The van der Waals surface area contributed by atoms with E-state index in [0.29, 0.717) is 19.6 Å². The Bertz CT molecular complexity index is 390. The molecule has 2 fully saturated rings. The summed E-state index contributed by atoms with van der Waals surface area (Å²) >= 11 is 0. The molecule has 21 heavy (non-hydrogen) atoms. The van der Waals surface area contributed by atoms with Crippen LogP contribution in [0, 0.1) is 5.41 Å². The number of nitrogens with zero attached hydrogens (tertiary/aromatic N) is 1. The van der Waals surface area contributed by atoms with Crippen LogP contribution in [0.4, 0.5) is 0 Å². The van der Waals surface area contributed by atoms with Gasteiger partial charge in [-0.15, -0.1) is 0 Å². The lowest BCUT2D eigenvalue weighted by atomic mass is 9.79. The van der Waals surface area contributed by atoms with Crippen molar-refractivity contribution < 1.29 is 19.4 Å². The summed E-state index contributed by atoms with van der Waals surface area (Å²) < 4.78 is 5.63. The van der Waals surface area contributed by atoms with Gasteiger partial charge in [0.15, 0.2) is 0 Å². The number of carboxylic acid groups (broad SMARTS) is 1. The molecule has 2 rings (SSSR count). The summed E-state index contributed by atoms with van der Waals surface area (Å²) in [5, 5.41) is 9.16. The molecular formula is C16H27NO4. The number of aliphatic carboxylic acids is 1. The molecule has 1 aliphatic heterocycles. The summed E-state index contributed by atoms with van der Waals surface area (Å²) in [5.41, 5.74) is -0.317. The molecule has 1 heterocycles. The minimum atomic E-state index is -0.785. The number of amides is 1. The van der Waals surface area contributed by atoms with E-state index in [0.717, 1.165) is 32.1 Å². The molecule has 0 radical (unpaired) electrons. The Kier molecular flexibility index (Phi) is 5.25. The number of carboxylic acids is 1. The van der Waals surface area contributed by atoms with Gasteiger partial charge in [-0.25, -0.2) is 0 Å². The molecule has 0 aromatic carbocycles. The van der Waals surface area contributed by atoms with Gasteiger partial charge in [-0.2, -0.15) is 0 Å². The highest BCUT2D eigenvalue weighted by atomic mass is 16.5. The minimum Gasteiger partial charge on any atom is -0.481 e. The van der Waals surface area contributed by atoms with Crippen molar-refractivity contribution in [2.45, 2.75) is 70.9 Å². The van der Waals surface area contributed by atoms with Crippen LogP contribution < -0.4 is 0 Å². The summed E-state index contributed by atoms with van der Waals surface area (Å²) in [6.45, 7) is 5.26. The second-order valence-corrected chi connectivity index (χ2v) is 6.71. The van der Waals surface area contributed by atoms with E-state index in [-0.39, 0.29) is 29.9 Å². The second kappa shape index (κ2) is 6.77. The van der Waals surface area contributed by atoms with Crippen LogP contribution in [0.2, 0.25) is 0 Å². The van der Waals surface area contributed by atoms with Crippen LogP contribution in [0.15, 0.2) is 0 Å². The first-order valence-corrected chi connectivity index (χ1v) is 8.08. The Morgan fingerprint density at radius 1 is 1.29 bits per heavy atom. The van der Waals surface area contributed by atoms with E-state index >= 15 is 0 Å². The lowest BCUT2D eigenvalue weighted by molar-refractivity contribution is -0.148. The molecule has 2 atom stereocenters. The van der Waals surface area contributed by atoms with Crippen LogP contribution >= 0.6 is 0 Å². The lowest BCUT2D eigenvalue weighted by Crippen LogP contribution is -2.52. The maximum atomic E-state index is 12.7. The quantitative estimate of drug-likeness (QED) is 0.846. The van der Waals surface area contributed by atoms with E-state index in [1.54, 1.807) is 0 Å². The first-order chi connectivity index (χ1) is 9.96. The molecule has 1 aliphatic carbocycles. The van der Waals surface area contributed by atoms with E-state index in [4.69, 9.17) is 9.84 Å². The summed E-state index contributed by atoms with van der Waals surface area (Å²) in [6.07, 6.45) is 5.25. The molecule has 1 saturated heterocycles. The SMILES string of the molecule is CCC1COC(C)CN1C(=O)CC1(CC(=O)O)CCCC1. The minimum absolute atomic E-state index is 0.0655. The van der Waals surface area contributed by atoms with Crippen LogP contribution in [-0.4, -0.2) is 47.2 Å². The summed E-state index contributed by atoms with van der Waals surface area (Å²) in [7, 11) is 0.